The van der Waals surface area contributed by atoms with Crippen molar-refractivity contribution in [1.29, 1.82) is 0 Å². The Morgan fingerprint density at radius 2 is 2.15 bits per heavy atom. The number of ether oxygens (including phenoxy) is 2. The fraction of sp³-hybridized carbons (Fsp3) is 0.375. The van der Waals surface area contributed by atoms with E-state index < -0.39 is 0 Å². The van der Waals surface area contributed by atoms with E-state index in [9.17, 15) is 0 Å². The van der Waals surface area contributed by atoms with E-state index >= 15 is 0 Å². The highest BCUT2D eigenvalue weighted by Gasteiger charge is 2.20. The summed E-state index contributed by atoms with van der Waals surface area (Å²) in [5.41, 5.74) is 11.5. The molecule has 2 heterocycles. The van der Waals surface area contributed by atoms with Gasteiger partial charge in [0.1, 0.15) is 6.10 Å². The van der Waals surface area contributed by atoms with E-state index in [1.54, 1.807) is 12.1 Å². The van der Waals surface area contributed by atoms with Gasteiger partial charge in [-0.2, -0.15) is 4.98 Å². The van der Waals surface area contributed by atoms with E-state index in [-0.39, 0.29) is 6.10 Å². The summed E-state index contributed by atoms with van der Waals surface area (Å²) < 4.78 is 10.4. The molecule has 0 saturated carbocycles. The van der Waals surface area contributed by atoms with Crippen molar-refractivity contribution >= 4 is 11.5 Å². The molecule has 1 aliphatic heterocycles. The standard InChI is InChI=1S/C8H11N3O2/c9-6-1-2-7(11-8(6)10)13-5-3-12-4-5/h1-2,5H,3-4,9H2,(H2,10,11). The van der Waals surface area contributed by atoms with E-state index in [0.29, 0.717) is 30.6 Å². The molecule has 0 amide bonds. The lowest BCUT2D eigenvalue weighted by molar-refractivity contribution is -0.0812. The number of hydrogen-bond acceptors (Lipinski definition) is 5. The van der Waals surface area contributed by atoms with Crippen LogP contribution in [-0.4, -0.2) is 24.3 Å². The minimum Gasteiger partial charge on any atom is -0.469 e. The third kappa shape index (κ3) is 1.65. The smallest absolute Gasteiger partial charge is 0.215 e. The van der Waals surface area contributed by atoms with Gasteiger partial charge < -0.3 is 20.9 Å². The first-order chi connectivity index (χ1) is 6.25. The van der Waals surface area contributed by atoms with E-state index in [2.05, 4.69) is 4.98 Å². The highest BCUT2D eigenvalue weighted by molar-refractivity contribution is 5.58. The Kier molecular flexibility index (Phi) is 1.94. The van der Waals surface area contributed by atoms with Gasteiger partial charge in [-0.25, -0.2) is 0 Å². The molecule has 1 aromatic rings. The molecule has 1 aliphatic rings. The second-order valence-corrected chi connectivity index (χ2v) is 2.90. The van der Waals surface area contributed by atoms with E-state index in [1.165, 1.54) is 0 Å². The third-order valence-electron chi connectivity index (χ3n) is 1.83. The first-order valence-corrected chi connectivity index (χ1v) is 4.02. The topological polar surface area (TPSA) is 83.4 Å². The van der Waals surface area contributed by atoms with Gasteiger partial charge in [-0.1, -0.05) is 0 Å². The molecule has 0 radical (unpaired) electrons. The molecule has 2 rings (SSSR count). The van der Waals surface area contributed by atoms with E-state index in [0.717, 1.165) is 0 Å². The zero-order chi connectivity index (χ0) is 9.26. The first-order valence-electron chi connectivity index (χ1n) is 4.02. The van der Waals surface area contributed by atoms with Crippen LogP contribution in [0.5, 0.6) is 5.88 Å². The largest absolute Gasteiger partial charge is 0.469 e. The molecular formula is C8H11N3O2. The Labute approximate surface area is 75.6 Å². The molecule has 1 saturated heterocycles. The van der Waals surface area contributed by atoms with Crippen LogP contribution in [0.2, 0.25) is 0 Å². The van der Waals surface area contributed by atoms with Crippen molar-refractivity contribution in [3.63, 3.8) is 0 Å². The normalized spacial score (nSPS) is 16.6. The van der Waals surface area contributed by atoms with Gasteiger partial charge in [0, 0.05) is 6.07 Å². The van der Waals surface area contributed by atoms with Gasteiger partial charge in [0.15, 0.2) is 5.82 Å². The molecule has 1 fully saturated rings. The average molecular weight is 181 g/mol. The maximum absolute atomic E-state index is 5.51. The van der Waals surface area contributed by atoms with Gasteiger partial charge in [0.2, 0.25) is 5.88 Å². The van der Waals surface area contributed by atoms with Gasteiger partial charge in [-0.05, 0) is 6.07 Å². The number of aromatic nitrogens is 1. The molecule has 0 unspecified atom stereocenters. The second kappa shape index (κ2) is 3.10. The Balaban J connectivity index is 2.07. The summed E-state index contributed by atoms with van der Waals surface area (Å²) in [6.45, 7) is 1.23. The lowest BCUT2D eigenvalue weighted by atomic mass is 10.3. The highest BCUT2D eigenvalue weighted by atomic mass is 16.6. The fourth-order valence-corrected chi connectivity index (χ4v) is 0.985. The predicted molar refractivity (Wildman–Crippen MR) is 48.3 cm³/mol. The SMILES string of the molecule is Nc1ccc(OC2COC2)nc1N. The lowest BCUT2D eigenvalue weighted by Gasteiger charge is -2.26. The summed E-state index contributed by atoms with van der Waals surface area (Å²) in [6, 6.07) is 3.38. The number of rotatable bonds is 2. The number of nitrogens with two attached hydrogens (primary N) is 2. The summed E-state index contributed by atoms with van der Waals surface area (Å²) in [5, 5.41) is 0. The zero-order valence-corrected chi connectivity index (χ0v) is 7.06. The molecule has 70 valence electrons. The number of pyridine rings is 1. The van der Waals surface area contributed by atoms with Gasteiger partial charge in [0.25, 0.3) is 0 Å². The molecule has 0 atom stereocenters. The number of nitrogens with zero attached hydrogens (tertiary/aromatic N) is 1. The number of hydrogen-bond donors (Lipinski definition) is 2. The highest BCUT2D eigenvalue weighted by Crippen LogP contribution is 2.18. The maximum atomic E-state index is 5.51. The Morgan fingerprint density at radius 1 is 1.38 bits per heavy atom. The van der Waals surface area contributed by atoms with Crippen LogP contribution in [0.4, 0.5) is 11.5 Å². The van der Waals surface area contributed by atoms with E-state index in [4.69, 9.17) is 20.9 Å². The predicted octanol–water partition coefficient (Wildman–Crippen LogP) is 0.0236. The van der Waals surface area contributed by atoms with Crippen molar-refractivity contribution in [2.45, 2.75) is 6.10 Å². The van der Waals surface area contributed by atoms with Gasteiger partial charge in [0.05, 0.1) is 18.9 Å². The summed E-state index contributed by atoms with van der Waals surface area (Å²) in [4.78, 5) is 3.97. The van der Waals surface area contributed by atoms with Crippen LogP contribution in [0.3, 0.4) is 0 Å². The minimum absolute atomic E-state index is 0.107. The Morgan fingerprint density at radius 3 is 2.69 bits per heavy atom. The van der Waals surface area contributed by atoms with Gasteiger partial charge in [-0.3, -0.25) is 0 Å². The summed E-state index contributed by atoms with van der Waals surface area (Å²) in [7, 11) is 0. The number of anilines is 2. The first kappa shape index (κ1) is 8.12. The van der Waals surface area contributed by atoms with Crippen molar-refractivity contribution in [2.24, 2.45) is 0 Å². The average Bonchev–Trinajstić information content (AvgIpc) is 2.04. The monoisotopic (exact) mass is 181 g/mol. The minimum atomic E-state index is 0.107. The van der Waals surface area contributed by atoms with Crippen LogP contribution in [0, 0.1) is 0 Å². The van der Waals surface area contributed by atoms with E-state index in [1.807, 2.05) is 0 Å². The van der Waals surface area contributed by atoms with Crippen LogP contribution >= 0.6 is 0 Å². The maximum Gasteiger partial charge on any atom is 0.215 e. The van der Waals surface area contributed by atoms with Crippen molar-refractivity contribution in [2.75, 3.05) is 24.7 Å². The van der Waals surface area contributed by atoms with Crippen LogP contribution in [0.15, 0.2) is 12.1 Å². The molecule has 0 aromatic carbocycles. The van der Waals surface area contributed by atoms with Crippen LogP contribution in [0.1, 0.15) is 0 Å². The fourth-order valence-electron chi connectivity index (χ4n) is 0.985. The number of nitrogen functional groups attached to an aromatic ring is 2. The zero-order valence-electron chi connectivity index (χ0n) is 7.06. The Bertz CT molecular complexity index is 312. The molecule has 0 aliphatic carbocycles. The van der Waals surface area contributed by atoms with Crippen molar-refractivity contribution < 1.29 is 9.47 Å². The van der Waals surface area contributed by atoms with Crippen LogP contribution < -0.4 is 16.2 Å². The summed E-state index contributed by atoms with van der Waals surface area (Å²) in [5.74, 6) is 0.803. The molecule has 0 spiro atoms. The molecule has 4 N–H and O–H groups in total. The summed E-state index contributed by atoms with van der Waals surface area (Å²) >= 11 is 0. The summed E-state index contributed by atoms with van der Waals surface area (Å²) in [6.07, 6.45) is 0.107. The molecule has 13 heavy (non-hydrogen) atoms. The molecular weight excluding hydrogens is 170 g/mol. The van der Waals surface area contributed by atoms with Gasteiger partial charge in [-0.15, -0.1) is 0 Å². The van der Waals surface area contributed by atoms with Crippen molar-refractivity contribution in [3.05, 3.63) is 12.1 Å². The Hall–Kier alpha value is -1.49. The molecule has 5 nitrogen and oxygen atoms in total. The van der Waals surface area contributed by atoms with Crippen molar-refractivity contribution in [3.8, 4) is 5.88 Å². The van der Waals surface area contributed by atoms with Crippen LogP contribution in [0.25, 0.3) is 0 Å². The van der Waals surface area contributed by atoms with Crippen molar-refractivity contribution in [1.82, 2.24) is 4.98 Å². The lowest BCUT2D eigenvalue weighted by Crippen LogP contribution is -2.38. The second-order valence-electron chi connectivity index (χ2n) is 2.90. The molecule has 1 aromatic heterocycles. The van der Waals surface area contributed by atoms with Crippen LogP contribution in [-0.2, 0) is 4.74 Å². The molecule has 0 bridgehead atoms. The third-order valence-corrected chi connectivity index (χ3v) is 1.83. The molecule has 5 heteroatoms. The van der Waals surface area contributed by atoms with Gasteiger partial charge >= 0.3 is 0 Å². The quantitative estimate of drug-likeness (QED) is 0.672.